The summed E-state index contributed by atoms with van der Waals surface area (Å²) in [6.45, 7) is 2.50. The second kappa shape index (κ2) is 10.8. The van der Waals surface area contributed by atoms with Gasteiger partial charge < -0.3 is 16.0 Å². The molecule has 1 atom stereocenters. The van der Waals surface area contributed by atoms with Crippen LogP contribution < -0.4 is 11.1 Å². The van der Waals surface area contributed by atoms with Crippen molar-refractivity contribution in [3.8, 4) is 0 Å². The van der Waals surface area contributed by atoms with E-state index >= 15 is 0 Å². The summed E-state index contributed by atoms with van der Waals surface area (Å²) >= 11 is 0. The lowest BCUT2D eigenvalue weighted by molar-refractivity contribution is -0.122. The van der Waals surface area contributed by atoms with Crippen molar-refractivity contribution < 1.29 is 9.59 Å². The van der Waals surface area contributed by atoms with Crippen molar-refractivity contribution in [1.82, 2.24) is 10.2 Å². The number of carbonyl (C=O) groups is 2. The first kappa shape index (κ1) is 21.1. The maximum atomic E-state index is 12.8. The Balaban J connectivity index is 1.53. The van der Waals surface area contributed by atoms with E-state index in [1.807, 2.05) is 36.4 Å². The monoisotopic (exact) mass is 393 g/mol. The van der Waals surface area contributed by atoms with Crippen LogP contribution in [-0.4, -0.2) is 42.4 Å². The molecule has 0 radical (unpaired) electrons. The van der Waals surface area contributed by atoms with Gasteiger partial charge in [-0.3, -0.25) is 9.59 Å². The molecule has 1 aliphatic heterocycles. The smallest absolute Gasteiger partial charge is 0.220 e. The minimum absolute atomic E-state index is 0.116. The van der Waals surface area contributed by atoms with E-state index in [4.69, 9.17) is 5.73 Å². The number of carbonyl (C=O) groups excluding carboxylic acids is 2. The summed E-state index contributed by atoms with van der Waals surface area (Å²) in [7, 11) is 0. The third-order valence-electron chi connectivity index (χ3n) is 5.65. The molecule has 2 aromatic carbocycles. The van der Waals surface area contributed by atoms with Crippen LogP contribution in [-0.2, 0) is 16.0 Å². The Bertz CT molecular complexity index is 771. The average Bonchev–Trinajstić information content (AvgIpc) is 2.74. The van der Waals surface area contributed by atoms with Gasteiger partial charge in [0, 0.05) is 38.5 Å². The van der Waals surface area contributed by atoms with Crippen LogP contribution >= 0.6 is 0 Å². The molecule has 2 aromatic rings. The van der Waals surface area contributed by atoms with Crippen LogP contribution in [0, 0.1) is 0 Å². The largest absolute Gasteiger partial charge is 0.370 e. The van der Waals surface area contributed by atoms with Gasteiger partial charge in [0.2, 0.25) is 11.8 Å². The zero-order valence-electron chi connectivity index (χ0n) is 16.9. The lowest BCUT2D eigenvalue weighted by Crippen LogP contribution is -2.45. The van der Waals surface area contributed by atoms with Gasteiger partial charge >= 0.3 is 0 Å². The predicted octanol–water partition coefficient (Wildman–Crippen LogP) is 2.86. The van der Waals surface area contributed by atoms with Crippen LogP contribution in [0.25, 0.3) is 0 Å². The van der Waals surface area contributed by atoms with Crippen molar-refractivity contribution in [3.05, 3.63) is 71.8 Å². The van der Waals surface area contributed by atoms with Crippen LogP contribution in [0.5, 0.6) is 0 Å². The van der Waals surface area contributed by atoms with Crippen molar-refractivity contribution in [1.29, 1.82) is 0 Å². The minimum Gasteiger partial charge on any atom is -0.370 e. The van der Waals surface area contributed by atoms with Crippen molar-refractivity contribution in [2.45, 2.75) is 44.1 Å². The summed E-state index contributed by atoms with van der Waals surface area (Å²) in [4.78, 5) is 26.0. The molecule has 1 unspecified atom stereocenters. The summed E-state index contributed by atoms with van der Waals surface area (Å²) < 4.78 is 0. The normalized spacial score (nSPS) is 16.3. The molecule has 5 nitrogen and oxygen atoms in total. The summed E-state index contributed by atoms with van der Waals surface area (Å²) in [5.74, 6) is 0.0189. The number of nitrogens with zero attached hydrogens (tertiary/aromatic N) is 1. The Hall–Kier alpha value is -2.66. The van der Waals surface area contributed by atoms with Crippen molar-refractivity contribution in [2.24, 2.45) is 5.73 Å². The molecule has 29 heavy (non-hydrogen) atoms. The number of nitrogens with one attached hydrogen (secondary N) is 1. The lowest BCUT2D eigenvalue weighted by atomic mass is 9.89. The first-order valence-electron chi connectivity index (χ1n) is 10.5. The van der Waals surface area contributed by atoms with Crippen molar-refractivity contribution >= 4 is 11.8 Å². The van der Waals surface area contributed by atoms with Gasteiger partial charge in [-0.15, -0.1) is 0 Å². The molecule has 1 aliphatic rings. The Labute approximate surface area is 173 Å². The zero-order chi connectivity index (χ0) is 20.5. The molecule has 0 bridgehead atoms. The predicted molar refractivity (Wildman–Crippen MR) is 115 cm³/mol. The van der Waals surface area contributed by atoms with Gasteiger partial charge in [0.15, 0.2) is 0 Å². The quantitative estimate of drug-likeness (QED) is 0.688. The second-order valence-corrected chi connectivity index (χ2v) is 7.90. The van der Waals surface area contributed by atoms with Gasteiger partial charge in [0.1, 0.15) is 0 Å². The molecule has 0 aliphatic carbocycles. The fraction of sp³-hybridized carbons (Fsp3) is 0.417. The highest BCUT2D eigenvalue weighted by Gasteiger charge is 2.23. The number of piperidine rings is 1. The number of rotatable bonds is 9. The molecular formula is C24H31N3O2. The van der Waals surface area contributed by atoms with Crippen molar-refractivity contribution in [3.63, 3.8) is 0 Å². The number of hydrogen-bond donors (Lipinski definition) is 2. The van der Waals surface area contributed by atoms with Crippen LogP contribution in [0.15, 0.2) is 60.7 Å². The number of benzene rings is 2. The third-order valence-corrected chi connectivity index (χ3v) is 5.65. The summed E-state index contributed by atoms with van der Waals surface area (Å²) in [6.07, 6.45) is 3.57. The van der Waals surface area contributed by atoms with Crippen LogP contribution in [0.1, 0.15) is 42.7 Å². The van der Waals surface area contributed by atoms with Gasteiger partial charge in [-0.1, -0.05) is 60.7 Å². The first-order valence-corrected chi connectivity index (χ1v) is 10.5. The Morgan fingerprint density at radius 2 is 1.62 bits per heavy atom. The van der Waals surface area contributed by atoms with E-state index in [-0.39, 0.29) is 23.8 Å². The number of hydrogen-bond acceptors (Lipinski definition) is 3. The third kappa shape index (κ3) is 7.02. The number of nitrogens with two attached hydrogens (primary N) is 1. The van der Waals surface area contributed by atoms with Gasteiger partial charge in [0.25, 0.3) is 0 Å². The van der Waals surface area contributed by atoms with Crippen LogP contribution in [0.3, 0.4) is 0 Å². The Morgan fingerprint density at radius 3 is 2.24 bits per heavy atom. The van der Waals surface area contributed by atoms with Gasteiger partial charge in [-0.2, -0.15) is 0 Å². The summed E-state index contributed by atoms with van der Waals surface area (Å²) in [5, 5.41) is 3.23. The Kier molecular flexibility index (Phi) is 7.82. The standard InChI is InChI=1S/C24H31N3O2/c25-23(28)13-16-27-14-11-22(12-15-27)26-24(29)18-21(20-9-5-2-6-10-20)17-19-7-3-1-4-8-19/h1-10,21-22H,11-18H2,(H2,25,28)(H,26,29). The maximum Gasteiger partial charge on any atom is 0.220 e. The van der Waals surface area contributed by atoms with E-state index < -0.39 is 0 Å². The molecule has 0 saturated carbocycles. The van der Waals surface area contributed by atoms with Crippen LogP contribution in [0.4, 0.5) is 0 Å². The molecule has 5 heteroatoms. The molecular weight excluding hydrogens is 362 g/mol. The van der Waals surface area contributed by atoms with Crippen LogP contribution in [0.2, 0.25) is 0 Å². The van der Waals surface area contributed by atoms with E-state index in [9.17, 15) is 9.59 Å². The van der Waals surface area contributed by atoms with Gasteiger partial charge in [-0.25, -0.2) is 0 Å². The molecule has 0 aromatic heterocycles. The maximum absolute atomic E-state index is 12.8. The highest BCUT2D eigenvalue weighted by molar-refractivity contribution is 5.77. The summed E-state index contributed by atoms with van der Waals surface area (Å²) in [5.41, 5.74) is 7.68. The first-order chi connectivity index (χ1) is 14.1. The molecule has 3 rings (SSSR count). The fourth-order valence-corrected chi connectivity index (χ4v) is 4.01. The van der Waals surface area contributed by atoms with E-state index in [1.165, 1.54) is 11.1 Å². The fourth-order valence-electron chi connectivity index (χ4n) is 4.01. The SMILES string of the molecule is NC(=O)CCN1CCC(NC(=O)CC(Cc2ccccc2)c2ccccc2)CC1. The highest BCUT2D eigenvalue weighted by atomic mass is 16.2. The van der Waals surface area contributed by atoms with Gasteiger partial charge in [-0.05, 0) is 36.3 Å². The molecule has 1 heterocycles. The van der Waals surface area contributed by atoms with E-state index in [2.05, 4.69) is 34.5 Å². The number of primary amides is 1. The summed E-state index contributed by atoms with van der Waals surface area (Å²) in [6, 6.07) is 20.9. The number of likely N-dealkylation sites (tertiary alicyclic amines) is 1. The molecule has 1 fully saturated rings. The Morgan fingerprint density at radius 1 is 1.00 bits per heavy atom. The molecule has 1 saturated heterocycles. The minimum atomic E-state index is -0.259. The van der Waals surface area contributed by atoms with E-state index in [1.54, 1.807) is 0 Å². The molecule has 154 valence electrons. The highest BCUT2D eigenvalue weighted by Crippen LogP contribution is 2.24. The van der Waals surface area contributed by atoms with E-state index in [0.29, 0.717) is 19.4 Å². The van der Waals surface area contributed by atoms with E-state index in [0.717, 1.165) is 32.4 Å². The van der Waals surface area contributed by atoms with Crippen molar-refractivity contribution in [2.75, 3.05) is 19.6 Å². The average molecular weight is 394 g/mol. The number of amides is 2. The molecule has 0 spiro atoms. The second-order valence-electron chi connectivity index (χ2n) is 7.90. The topological polar surface area (TPSA) is 75.4 Å². The molecule has 3 N–H and O–H groups in total. The lowest BCUT2D eigenvalue weighted by Gasteiger charge is -2.32. The zero-order valence-corrected chi connectivity index (χ0v) is 16.9. The molecule has 2 amide bonds. The van der Waals surface area contributed by atoms with Gasteiger partial charge in [0.05, 0.1) is 0 Å².